The highest BCUT2D eigenvalue weighted by atomic mass is 35.5. The number of halogens is 1. The van der Waals surface area contributed by atoms with E-state index in [4.69, 9.17) is 5.73 Å². The lowest BCUT2D eigenvalue weighted by molar-refractivity contribution is -0.122. The summed E-state index contributed by atoms with van der Waals surface area (Å²) in [5.41, 5.74) is 16.7. The van der Waals surface area contributed by atoms with Gasteiger partial charge in [-0.05, 0) is 25.8 Å². The molecule has 3 unspecified atom stereocenters. The molecule has 142 valence electrons. The first-order valence-electron chi connectivity index (χ1n) is 8.56. The highest BCUT2D eigenvalue weighted by Gasteiger charge is 2.33. The van der Waals surface area contributed by atoms with Crippen LogP contribution in [-0.2, 0) is 11.8 Å². The number of hydrogen-bond donors (Lipinski definition) is 4. The highest BCUT2D eigenvalue weighted by Crippen LogP contribution is 2.27. The van der Waals surface area contributed by atoms with Gasteiger partial charge in [-0.25, -0.2) is 10.9 Å². The van der Waals surface area contributed by atoms with Gasteiger partial charge in [0, 0.05) is 30.9 Å². The van der Waals surface area contributed by atoms with Gasteiger partial charge in [-0.2, -0.15) is 5.10 Å². The number of nitrogens with two attached hydrogens (primary N) is 1. The van der Waals surface area contributed by atoms with Gasteiger partial charge in [0.15, 0.2) is 0 Å². The summed E-state index contributed by atoms with van der Waals surface area (Å²) in [4.78, 5) is 12.4. The lowest BCUT2D eigenvalue weighted by Crippen LogP contribution is -2.45. The molecule has 0 aliphatic carbocycles. The van der Waals surface area contributed by atoms with Gasteiger partial charge >= 0.3 is 0 Å². The van der Waals surface area contributed by atoms with E-state index in [1.807, 2.05) is 55.9 Å². The first-order valence-corrected chi connectivity index (χ1v) is 8.56. The number of carbonyl (C=O) groups is 1. The number of hydrazine groups is 1. The first-order chi connectivity index (χ1) is 12.0. The molecule has 1 amide bonds. The zero-order valence-electron chi connectivity index (χ0n) is 15.3. The number of benzene rings is 1. The van der Waals surface area contributed by atoms with E-state index in [-0.39, 0.29) is 36.4 Å². The number of carbonyl (C=O) groups excluding carboxylic acids is 1. The molecule has 5 N–H and O–H groups in total. The van der Waals surface area contributed by atoms with Crippen molar-refractivity contribution >= 4 is 18.3 Å². The molecule has 1 aliphatic rings. The number of aryl methyl sites for hydroxylation is 2. The Morgan fingerprint density at radius 3 is 2.65 bits per heavy atom. The van der Waals surface area contributed by atoms with Crippen LogP contribution in [0.5, 0.6) is 0 Å². The van der Waals surface area contributed by atoms with E-state index in [1.165, 1.54) is 0 Å². The maximum absolute atomic E-state index is 12.4. The third kappa shape index (κ3) is 4.24. The average Bonchev–Trinajstić information content (AvgIpc) is 3.18. The molecular formula is C18H27ClN6O. The van der Waals surface area contributed by atoms with Crippen molar-refractivity contribution in [3.05, 3.63) is 52.8 Å². The van der Waals surface area contributed by atoms with Gasteiger partial charge in [0.1, 0.15) is 6.04 Å². The van der Waals surface area contributed by atoms with Crippen LogP contribution in [0.2, 0.25) is 0 Å². The summed E-state index contributed by atoms with van der Waals surface area (Å²) in [7, 11) is 1.93. The second-order valence-electron chi connectivity index (χ2n) is 6.60. The summed E-state index contributed by atoms with van der Waals surface area (Å²) >= 11 is 0. The molecule has 1 aliphatic heterocycles. The molecule has 0 saturated carbocycles. The molecule has 1 fully saturated rings. The Bertz CT molecular complexity index is 748. The van der Waals surface area contributed by atoms with Crippen molar-refractivity contribution in [1.29, 1.82) is 0 Å². The Kier molecular flexibility index (Phi) is 6.77. The van der Waals surface area contributed by atoms with Crippen molar-refractivity contribution in [1.82, 2.24) is 25.9 Å². The third-order valence-corrected chi connectivity index (χ3v) is 4.86. The predicted molar refractivity (Wildman–Crippen MR) is 104 cm³/mol. The first kappa shape index (κ1) is 20.4. The zero-order valence-corrected chi connectivity index (χ0v) is 16.1. The van der Waals surface area contributed by atoms with Gasteiger partial charge in [-0.15, -0.1) is 12.4 Å². The Morgan fingerprint density at radius 1 is 1.35 bits per heavy atom. The van der Waals surface area contributed by atoms with Crippen LogP contribution in [0.3, 0.4) is 0 Å². The summed E-state index contributed by atoms with van der Waals surface area (Å²) in [6, 6.07) is 9.36. The van der Waals surface area contributed by atoms with Crippen LogP contribution < -0.4 is 21.9 Å². The molecule has 3 atom stereocenters. The zero-order chi connectivity index (χ0) is 18.0. The van der Waals surface area contributed by atoms with Crippen molar-refractivity contribution in [2.24, 2.45) is 12.8 Å². The SMILES string of the molecule is Cc1nn(C)c(C)c1C1CC(C(=O)NCC(N)c2ccccc2)NN1.Cl. The van der Waals surface area contributed by atoms with Crippen molar-refractivity contribution in [3.63, 3.8) is 0 Å². The molecule has 0 radical (unpaired) electrons. The summed E-state index contributed by atoms with van der Waals surface area (Å²) < 4.78 is 1.87. The average molecular weight is 379 g/mol. The minimum absolute atomic E-state index is 0. The molecular weight excluding hydrogens is 352 g/mol. The molecule has 0 bridgehead atoms. The molecule has 3 rings (SSSR count). The van der Waals surface area contributed by atoms with E-state index in [9.17, 15) is 4.79 Å². The molecule has 0 spiro atoms. The molecule has 1 aromatic carbocycles. The summed E-state index contributed by atoms with van der Waals surface area (Å²) in [6.45, 7) is 4.45. The van der Waals surface area contributed by atoms with E-state index in [0.717, 1.165) is 22.5 Å². The van der Waals surface area contributed by atoms with Gasteiger partial charge in [-0.1, -0.05) is 30.3 Å². The minimum atomic E-state index is -0.285. The van der Waals surface area contributed by atoms with E-state index < -0.39 is 0 Å². The molecule has 7 nitrogen and oxygen atoms in total. The van der Waals surface area contributed by atoms with Crippen molar-refractivity contribution in [2.75, 3.05) is 6.54 Å². The number of aromatic nitrogens is 2. The van der Waals surface area contributed by atoms with Crippen molar-refractivity contribution in [3.8, 4) is 0 Å². The monoisotopic (exact) mass is 378 g/mol. The van der Waals surface area contributed by atoms with Gasteiger partial charge in [-0.3, -0.25) is 9.48 Å². The minimum Gasteiger partial charge on any atom is -0.353 e. The topological polar surface area (TPSA) is 97.0 Å². The second kappa shape index (κ2) is 8.64. The van der Waals surface area contributed by atoms with E-state index in [2.05, 4.69) is 21.3 Å². The highest BCUT2D eigenvalue weighted by molar-refractivity contribution is 5.85. The third-order valence-electron chi connectivity index (χ3n) is 4.86. The molecule has 2 aromatic rings. The fraction of sp³-hybridized carbons (Fsp3) is 0.444. The van der Waals surface area contributed by atoms with Crippen molar-refractivity contribution < 1.29 is 4.79 Å². The van der Waals surface area contributed by atoms with Crippen molar-refractivity contribution in [2.45, 2.75) is 38.4 Å². The van der Waals surface area contributed by atoms with Gasteiger partial charge < -0.3 is 11.1 Å². The second-order valence-corrected chi connectivity index (χ2v) is 6.60. The summed E-state index contributed by atoms with van der Waals surface area (Å²) in [5.74, 6) is -0.0411. The smallest absolute Gasteiger partial charge is 0.238 e. The van der Waals surface area contributed by atoms with Crippen LogP contribution in [0.15, 0.2) is 30.3 Å². The lowest BCUT2D eigenvalue weighted by Gasteiger charge is -2.15. The normalized spacial score (nSPS) is 20.5. The van der Waals surface area contributed by atoms with Gasteiger partial charge in [0.2, 0.25) is 5.91 Å². The summed E-state index contributed by atoms with van der Waals surface area (Å²) in [5, 5.41) is 7.39. The summed E-state index contributed by atoms with van der Waals surface area (Å²) in [6.07, 6.45) is 0.680. The number of rotatable bonds is 5. The van der Waals surface area contributed by atoms with Crippen LogP contribution in [-0.4, -0.2) is 28.3 Å². The van der Waals surface area contributed by atoms with E-state index in [0.29, 0.717) is 13.0 Å². The Balaban J connectivity index is 0.00000243. The number of amides is 1. The van der Waals surface area contributed by atoms with Crippen LogP contribution in [0, 0.1) is 13.8 Å². The standard InChI is InChI=1S/C18H26N6O.ClH/c1-11-17(12(2)24(3)23-11)15-9-16(22-21-15)18(25)20-10-14(19)13-7-5-4-6-8-13;/h4-8,14-16,21-22H,9-10,19H2,1-3H3,(H,20,25);1H. The Morgan fingerprint density at radius 2 is 2.04 bits per heavy atom. The molecule has 2 heterocycles. The van der Waals surface area contributed by atoms with Crippen LogP contribution in [0.4, 0.5) is 0 Å². The van der Waals surface area contributed by atoms with Gasteiger partial charge in [0.25, 0.3) is 0 Å². The van der Waals surface area contributed by atoms with E-state index >= 15 is 0 Å². The number of nitrogens with one attached hydrogen (secondary N) is 3. The fourth-order valence-corrected chi connectivity index (χ4v) is 3.36. The lowest BCUT2D eigenvalue weighted by atomic mass is 10.00. The Hall–Kier alpha value is -1.93. The number of nitrogens with zero attached hydrogens (tertiary/aromatic N) is 2. The predicted octanol–water partition coefficient (Wildman–Crippen LogP) is 1.18. The molecule has 1 aromatic heterocycles. The van der Waals surface area contributed by atoms with E-state index in [1.54, 1.807) is 0 Å². The van der Waals surface area contributed by atoms with Gasteiger partial charge in [0.05, 0.1) is 11.7 Å². The van der Waals surface area contributed by atoms with Crippen LogP contribution >= 0.6 is 12.4 Å². The molecule has 1 saturated heterocycles. The quantitative estimate of drug-likeness (QED) is 0.626. The maximum atomic E-state index is 12.4. The fourth-order valence-electron chi connectivity index (χ4n) is 3.36. The molecule has 8 heteroatoms. The molecule has 26 heavy (non-hydrogen) atoms. The largest absolute Gasteiger partial charge is 0.353 e. The van der Waals surface area contributed by atoms with Crippen LogP contribution in [0.1, 0.15) is 41.0 Å². The van der Waals surface area contributed by atoms with Crippen LogP contribution in [0.25, 0.3) is 0 Å². The maximum Gasteiger partial charge on any atom is 0.238 e. The number of hydrogen-bond acceptors (Lipinski definition) is 5. The Labute approximate surface area is 160 Å².